The lowest BCUT2D eigenvalue weighted by atomic mass is 9.93. The summed E-state index contributed by atoms with van der Waals surface area (Å²) in [6.45, 7) is 5.42. The summed E-state index contributed by atoms with van der Waals surface area (Å²) in [5, 5.41) is 7.13. The fourth-order valence-corrected chi connectivity index (χ4v) is 3.58. The number of furan rings is 2. The highest BCUT2D eigenvalue weighted by molar-refractivity contribution is 6.09. The first-order chi connectivity index (χ1) is 14.5. The second-order valence-electron chi connectivity index (χ2n) is 7.22. The molecule has 0 fully saturated rings. The number of carbonyl (C=O) groups is 2. The summed E-state index contributed by atoms with van der Waals surface area (Å²) in [4.78, 5) is 29.3. The first kappa shape index (κ1) is 19.6. The number of pyridine rings is 1. The van der Waals surface area contributed by atoms with Gasteiger partial charge in [-0.05, 0) is 51.3 Å². The molecular weight excluding hydrogens is 384 g/mol. The average Bonchev–Trinajstić information content (AvgIpc) is 3.31. The summed E-state index contributed by atoms with van der Waals surface area (Å²) in [5.74, 6) is 1.26. The molecule has 0 saturated carbocycles. The van der Waals surface area contributed by atoms with Gasteiger partial charge in [0.2, 0.25) is 0 Å². The summed E-state index contributed by atoms with van der Waals surface area (Å²) in [7, 11) is 0. The molecule has 0 saturated heterocycles. The topological polar surface area (TPSA) is 110 Å². The molecule has 0 aliphatic heterocycles. The SMILES string of the molecule is Cc1cccnc1NC(=O)c1oc2c(c1C)/C(=N/NC(=O)c1ccoc1C)CCC2. The van der Waals surface area contributed by atoms with E-state index in [1.165, 1.54) is 6.26 Å². The van der Waals surface area contributed by atoms with Gasteiger partial charge in [-0.25, -0.2) is 10.4 Å². The van der Waals surface area contributed by atoms with Crippen LogP contribution < -0.4 is 10.7 Å². The van der Waals surface area contributed by atoms with Crippen LogP contribution in [0.4, 0.5) is 5.82 Å². The van der Waals surface area contributed by atoms with Gasteiger partial charge in [0, 0.05) is 23.7 Å². The summed E-state index contributed by atoms with van der Waals surface area (Å²) >= 11 is 0. The van der Waals surface area contributed by atoms with Crippen molar-refractivity contribution < 1.29 is 18.4 Å². The summed E-state index contributed by atoms with van der Waals surface area (Å²) in [6.07, 6.45) is 5.29. The number of carbonyl (C=O) groups excluding carboxylic acids is 2. The van der Waals surface area contributed by atoms with E-state index in [1.807, 2.05) is 26.0 Å². The Kier molecular flexibility index (Phi) is 5.22. The summed E-state index contributed by atoms with van der Waals surface area (Å²) in [6, 6.07) is 5.28. The molecule has 8 heteroatoms. The quantitative estimate of drug-likeness (QED) is 0.638. The number of amides is 2. The number of hydrogen-bond acceptors (Lipinski definition) is 6. The van der Waals surface area contributed by atoms with Gasteiger partial charge in [-0.2, -0.15) is 5.10 Å². The number of anilines is 1. The molecule has 1 aliphatic carbocycles. The van der Waals surface area contributed by atoms with E-state index in [-0.39, 0.29) is 17.6 Å². The van der Waals surface area contributed by atoms with Gasteiger partial charge in [-0.3, -0.25) is 9.59 Å². The molecule has 0 unspecified atom stereocenters. The summed E-state index contributed by atoms with van der Waals surface area (Å²) < 4.78 is 11.1. The Morgan fingerprint density at radius 3 is 2.70 bits per heavy atom. The number of hydrazone groups is 1. The van der Waals surface area contributed by atoms with Crippen LogP contribution in [-0.4, -0.2) is 22.5 Å². The van der Waals surface area contributed by atoms with Crippen LogP contribution in [0.15, 0.2) is 44.6 Å². The molecular formula is C22H22N4O4. The van der Waals surface area contributed by atoms with Crippen molar-refractivity contribution >= 4 is 23.3 Å². The molecule has 0 aromatic carbocycles. The Bertz CT molecular complexity index is 1160. The maximum atomic E-state index is 12.8. The highest BCUT2D eigenvalue weighted by Gasteiger charge is 2.28. The molecule has 2 N–H and O–H groups in total. The van der Waals surface area contributed by atoms with Crippen molar-refractivity contribution in [3.8, 4) is 0 Å². The zero-order chi connectivity index (χ0) is 21.3. The van der Waals surface area contributed by atoms with E-state index in [1.54, 1.807) is 19.2 Å². The number of hydrogen-bond donors (Lipinski definition) is 2. The van der Waals surface area contributed by atoms with Gasteiger partial charge >= 0.3 is 0 Å². The molecule has 3 aromatic rings. The normalized spacial score (nSPS) is 14.4. The Morgan fingerprint density at radius 1 is 1.13 bits per heavy atom. The van der Waals surface area contributed by atoms with E-state index in [0.29, 0.717) is 47.0 Å². The molecule has 3 aromatic heterocycles. The van der Waals surface area contributed by atoms with Crippen LogP contribution in [0, 0.1) is 20.8 Å². The van der Waals surface area contributed by atoms with Crippen LogP contribution in [0.3, 0.4) is 0 Å². The van der Waals surface area contributed by atoms with Crippen molar-refractivity contribution in [2.75, 3.05) is 5.32 Å². The van der Waals surface area contributed by atoms with Gasteiger partial charge < -0.3 is 14.2 Å². The molecule has 0 spiro atoms. The second-order valence-corrected chi connectivity index (χ2v) is 7.22. The standard InChI is InChI=1S/C22H22N4O4/c1-12-6-5-10-23-20(12)24-22(28)19-13(2)18-16(7-4-8-17(18)30-19)25-26-21(27)15-9-11-29-14(15)3/h5-6,9-11H,4,7-8H2,1-3H3,(H,26,27)(H,23,24,28)/b25-16+. The van der Waals surface area contributed by atoms with E-state index in [9.17, 15) is 9.59 Å². The van der Waals surface area contributed by atoms with Crippen LogP contribution in [0.5, 0.6) is 0 Å². The fraction of sp³-hybridized carbons (Fsp3) is 0.273. The molecule has 4 rings (SSSR count). The summed E-state index contributed by atoms with van der Waals surface area (Å²) in [5.41, 5.74) is 6.06. The van der Waals surface area contributed by atoms with Gasteiger partial charge in [-0.15, -0.1) is 0 Å². The molecule has 0 atom stereocenters. The van der Waals surface area contributed by atoms with Crippen LogP contribution in [0.1, 0.15) is 62.0 Å². The van der Waals surface area contributed by atoms with E-state index >= 15 is 0 Å². The molecule has 8 nitrogen and oxygen atoms in total. The molecule has 2 amide bonds. The van der Waals surface area contributed by atoms with Crippen molar-refractivity contribution in [1.29, 1.82) is 0 Å². The number of fused-ring (bicyclic) bond motifs is 1. The van der Waals surface area contributed by atoms with Crippen LogP contribution >= 0.6 is 0 Å². The van der Waals surface area contributed by atoms with E-state index in [0.717, 1.165) is 17.5 Å². The lowest BCUT2D eigenvalue weighted by Crippen LogP contribution is -2.22. The van der Waals surface area contributed by atoms with Crippen molar-refractivity contribution in [3.05, 3.63) is 70.2 Å². The van der Waals surface area contributed by atoms with Crippen molar-refractivity contribution in [2.24, 2.45) is 5.10 Å². The minimum atomic E-state index is -0.360. The molecule has 3 heterocycles. The van der Waals surface area contributed by atoms with Gasteiger partial charge in [0.25, 0.3) is 11.8 Å². The first-order valence-corrected chi connectivity index (χ1v) is 9.72. The highest BCUT2D eigenvalue weighted by atomic mass is 16.4. The minimum absolute atomic E-state index is 0.233. The van der Waals surface area contributed by atoms with E-state index in [4.69, 9.17) is 8.83 Å². The maximum absolute atomic E-state index is 12.8. The molecule has 0 bridgehead atoms. The molecule has 154 valence electrons. The Balaban J connectivity index is 1.59. The van der Waals surface area contributed by atoms with E-state index < -0.39 is 0 Å². The Hall–Kier alpha value is -3.68. The predicted molar refractivity (Wildman–Crippen MR) is 111 cm³/mol. The zero-order valence-corrected chi connectivity index (χ0v) is 17.0. The largest absolute Gasteiger partial charge is 0.469 e. The number of nitrogens with zero attached hydrogens (tertiary/aromatic N) is 2. The lowest BCUT2D eigenvalue weighted by molar-refractivity contribution is 0.0952. The monoisotopic (exact) mass is 406 g/mol. The first-order valence-electron chi connectivity index (χ1n) is 9.72. The third-order valence-corrected chi connectivity index (χ3v) is 5.17. The van der Waals surface area contributed by atoms with Crippen molar-refractivity contribution in [1.82, 2.24) is 10.4 Å². The van der Waals surface area contributed by atoms with Gasteiger partial charge in [0.1, 0.15) is 17.3 Å². The van der Waals surface area contributed by atoms with Crippen LogP contribution in [-0.2, 0) is 6.42 Å². The average molecular weight is 406 g/mol. The lowest BCUT2D eigenvalue weighted by Gasteiger charge is -2.13. The third kappa shape index (κ3) is 3.63. The highest BCUT2D eigenvalue weighted by Crippen LogP contribution is 2.30. The number of rotatable bonds is 4. The Morgan fingerprint density at radius 2 is 1.97 bits per heavy atom. The van der Waals surface area contributed by atoms with Gasteiger partial charge in [0.15, 0.2) is 5.76 Å². The number of aryl methyl sites for hydroxylation is 3. The number of nitrogens with one attached hydrogen (secondary N) is 2. The third-order valence-electron chi connectivity index (χ3n) is 5.17. The van der Waals surface area contributed by atoms with Crippen LogP contribution in [0.25, 0.3) is 0 Å². The number of aromatic nitrogens is 1. The predicted octanol–water partition coefficient (Wildman–Crippen LogP) is 3.92. The van der Waals surface area contributed by atoms with Gasteiger partial charge in [0.05, 0.1) is 17.5 Å². The molecule has 0 radical (unpaired) electrons. The molecule has 1 aliphatic rings. The van der Waals surface area contributed by atoms with Crippen molar-refractivity contribution in [3.63, 3.8) is 0 Å². The zero-order valence-electron chi connectivity index (χ0n) is 17.0. The fourth-order valence-electron chi connectivity index (χ4n) is 3.58. The Labute approximate surface area is 173 Å². The maximum Gasteiger partial charge on any atom is 0.292 e. The van der Waals surface area contributed by atoms with Crippen molar-refractivity contribution in [2.45, 2.75) is 40.0 Å². The second kappa shape index (κ2) is 7.98. The van der Waals surface area contributed by atoms with Crippen LogP contribution in [0.2, 0.25) is 0 Å². The molecule has 30 heavy (non-hydrogen) atoms. The van der Waals surface area contributed by atoms with E-state index in [2.05, 4.69) is 20.8 Å². The smallest absolute Gasteiger partial charge is 0.292 e. The minimum Gasteiger partial charge on any atom is -0.469 e. The van der Waals surface area contributed by atoms with Gasteiger partial charge in [-0.1, -0.05) is 6.07 Å².